The minimum Gasteiger partial charge on any atom is -0.481 e. The molecule has 0 aliphatic rings. The molecule has 0 aromatic carbocycles. The molecule has 13 nitrogen and oxygen atoms in total. The summed E-state index contributed by atoms with van der Waals surface area (Å²) in [7, 11) is 0. The lowest BCUT2D eigenvalue weighted by Gasteiger charge is -2.18. The maximum absolute atomic E-state index is 10.3. The predicted molar refractivity (Wildman–Crippen MR) is 75.7 cm³/mol. The van der Waals surface area contributed by atoms with Gasteiger partial charge in [-0.1, -0.05) is 0 Å². The smallest absolute Gasteiger partial charge is 0.336 e. The van der Waals surface area contributed by atoms with Gasteiger partial charge in [-0.25, -0.2) is 14.4 Å². The number of aliphatic hydroxyl groups excluding tert-OH is 2. The highest BCUT2D eigenvalue weighted by Gasteiger charge is 2.40. The molecule has 0 rings (SSSR count). The molecule has 0 aromatic heterocycles. The topological polar surface area (TPSA) is 247 Å². The number of aliphatic hydroxyl groups is 3. The van der Waals surface area contributed by atoms with Gasteiger partial charge in [-0.2, -0.15) is 0 Å². The maximum atomic E-state index is 10.3. The number of carboxylic acid groups (broad SMARTS) is 5. The third kappa shape index (κ3) is 21.0. The van der Waals surface area contributed by atoms with Crippen LogP contribution in [0.2, 0.25) is 0 Å². The Balaban J connectivity index is -0.000000342. The Morgan fingerprint density at radius 3 is 1.08 bits per heavy atom. The molecule has 8 N–H and O–H groups in total. The second-order valence-electron chi connectivity index (χ2n) is 3.93. The average molecular weight is 370 g/mol. The fraction of sp³-hybridized carbons (Fsp3) is 0.417. The SMILES string of the molecule is O=C(O)/C=C\C(=O)O.O=C(O)CC(O)(CC(=O)O)C(=O)O.OCCO. The van der Waals surface area contributed by atoms with E-state index in [4.69, 9.17) is 40.9 Å². The third-order valence-corrected chi connectivity index (χ3v) is 1.75. The summed E-state index contributed by atoms with van der Waals surface area (Å²) < 4.78 is 0. The van der Waals surface area contributed by atoms with E-state index in [1.165, 1.54) is 0 Å². The summed E-state index contributed by atoms with van der Waals surface area (Å²) in [4.78, 5) is 49.6. The first-order chi connectivity index (χ1) is 11.3. The molecule has 0 amide bonds. The van der Waals surface area contributed by atoms with Crippen molar-refractivity contribution in [3.63, 3.8) is 0 Å². The Morgan fingerprint density at radius 1 is 0.680 bits per heavy atom. The number of aliphatic carboxylic acids is 5. The predicted octanol–water partition coefficient (Wildman–Crippen LogP) is -2.57. The molecule has 0 atom stereocenters. The summed E-state index contributed by atoms with van der Waals surface area (Å²) in [6, 6.07) is 0. The normalized spacial score (nSPS) is 9.88. The first-order valence-electron chi connectivity index (χ1n) is 6.07. The number of rotatable bonds is 8. The van der Waals surface area contributed by atoms with Crippen LogP contribution in [0.15, 0.2) is 12.2 Å². The molecule has 0 aliphatic carbocycles. The van der Waals surface area contributed by atoms with Crippen molar-refractivity contribution in [2.75, 3.05) is 13.2 Å². The highest BCUT2D eigenvalue weighted by molar-refractivity contribution is 5.89. The van der Waals surface area contributed by atoms with Crippen molar-refractivity contribution in [2.24, 2.45) is 0 Å². The largest absolute Gasteiger partial charge is 0.481 e. The minimum absolute atomic E-state index is 0.125. The monoisotopic (exact) mass is 370 g/mol. The van der Waals surface area contributed by atoms with Crippen LogP contribution in [0.25, 0.3) is 0 Å². The van der Waals surface area contributed by atoms with E-state index in [2.05, 4.69) is 0 Å². The van der Waals surface area contributed by atoms with Gasteiger partial charge in [0.1, 0.15) is 0 Å². The lowest BCUT2D eigenvalue weighted by molar-refractivity contribution is -0.170. The fourth-order valence-electron chi connectivity index (χ4n) is 0.857. The molecule has 0 fully saturated rings. The standard InChI is InChI=1S/C6H8O7.C4H4O4.C2H6O2/c7-3(8)1-6(13,5(11)12)2-4(9)10;5-3(6)1-2-4(7)8;3-1-2-4/h13H,1-2H2,(H,7,8)(H,9,10)(H,11,12);1-2H,(H,5,6)(H,7,8);3-4H,1-2H2/b;2-1-;. The summed E-state index contributed by atoms with van der Waals surface area (Å²) in [5.41, 5.74) is -2.74. The molecule has 0 spiro atoms. The Kier molecular flexibility index (Phi) is 15.6. The molecule has 0 bridgehead atoms. The molecule has 0 unspecified atom stereocenters. The summed E-state index contributed by atoms with van der Waals surface area (Å²) in [6.45, 7) is -0.250. The van der Waals surface area contributed by atoms with Crippen molar-refractivity contribution >= 4 is 29.8 Å². The first kappa shape index (κ1) is 26.8. The zero-order valence-electron chi connectivity index (χ0n) is 12.6. The molecule has 25 heavy (non-hydrogen) atoms. The van der Waals surface area contributed by atoms with Gasteiger partial charge in [0.15, 0.2) is 5.60 Å². The molecule has 144 valence electrons. The summed E-state index contributed by atoms with van der Waals surface area (Å²) >= 11 is 0. The van der Waals surface area contributed by atoms with E-state index in [1.807, 2.05) is 0 Å². The van der Waals surface area contributed by atoms with Crippen LogP contribution in [0.4, 0.5) is 0 Å². The fourth-order valence-corrected chi connectivity index (χ4v) is 0.857. The Labute approximate surface area is 139 Å². The molecule has 13 heteroatoms. The zero-order chi connectivity index (χ0) is 20.6. The minimum atomic E-state index is -2.74. The van der Waals surface area contributed by atoms with Gasteiger partial charge in [0.05, 0.1) is 26.1 Å². The number of hydrogen-bond acceptors (Lipinski definition) is 8. The van der Waals surface area contributed by atoms with Crippen molar-refractivity contribution in [2.45, 2.75) is 18.4 Å². The highest BCUT2D eigenvalue weighted by Crippen LogP contribution is 2.15. The summed E-state index contributed by atoms with van der Waals surface area (Å²) in [6.07, 6.45) is -1.17. The molecule has 0 aliphatic heterocycles. The third-order valence-electron chi connectivity index (χ3n) is 1.75. The maximum Gasteiger partial charge on any atom is 0.336 e. The van der Waals surface area contributed by atoms with E-state index in [-0.39, 0.29) is 13.2 Å². The van der Waals surface area contributed by atoms with Crippen LogP contribution >= 0.6 is 0 Å². The van der Waals surface area contributed by atoms with Crippen LogP contribution in [0, 0.1) is 0 Å². The molecule has 0 heterocycles. The Hall–Kier alpha value is -3.03. The molecule has 0 radical (unpaired) electrons. The van der Waals surface area contributed by atoms with Gasteiger partial charge in [0.25, 0.3) is 0 Å². The van der Waals surface area contributed by atoms with Crippen molar-refractivity contribution in [1.82, 2.24) is 0 Å². The van der Waals surface area contributed by atoms with E-state index in [9.17, 15) is 24.0 Å². The number of hydrogen-bond donors (Lipinski definition) is 8. The van der Waals surface area contributed by atoms with Gasteiger partial charge in [-0.3, -0.25) is 9.59 Å². The van der Waals surface area contributed by atoms with Crippen LogP contribution in [0.3, 0.4) is 0 Å². The Bertz CT molecular complexity index is 459. The quantitative estimate of drug-likeness (QED) is 0.205. The van der Waals surface area contributed by atoms with E-state index in [1.54, 1.807) is 0 Å². The molecule has 0 saturated carbocycles. The second-order valence-corrected chi connectivity index (χ2v) is 3.93. The molecular formula is C12H18O13. The van der Waals surface area contributed by atoms with E-state index in [0.717, 1.165) is 0 Å². The summed E-state index contributed by atoms with van der Waals surface area (Å²) in [5.74, 6) is -7.53. The van der Waals surface area contributed by atoms with Gasteiger partial charge in [-0.05, 0) is 0 Å². The van der Waals surface area contributed by atoms with Crippen molar-refractivity contribution in [1.29, 1.82) is 0 Å². The highest BCUT2D eigenvalue weighted by atomic mass is 16.4. The van der Waals surface area contributed by atoms with Gasteiger partial charge in [0, 0.05) is 12.2 Å². The average Bonchev–Trinajstić information content (AvgIpc) is 2.44. The lowest BCUT2D eigenvalue weighted by Crippen LogP contribution is -2.42. The first-order valence-corrected chi connectivity index (χ1v) is 6.07. The number of carboxylic acids is 5. The van der Waals surface area contributed by atoms with Crippen LogP contribution in [0.1, 0.15) is 12.8 Å². The van der Waals surface area contributed by atoms with Crippen LogP contribution < -0.4 is 0 Å². The van der Waals surface area contributed by atoms with Crippen molar-refractivity contribution < 1.29 is 64.8 Å². The van der Waals surface area contributed by atoms with Crippen LogP contribution in [-0.2, 0) is 24.0 Å². The van der Waals surface area contributed by atoms with Gasteiger partial charge in [-0.15, -0.1) is 0 Å². The molecule has 0 aromatic rings. The molecular weight excluding hydrogens is 352 g/mol. The zero-order valence-corrected chi connectivity index (χ0v) is 12.6. The molecule has 0 saturated heterocycles. The number of carbonyl (C=O) groups is 5. The van der Waals surface area contributed by atoms with Crippen molar-refractivity contribution in [3.8, 4) is 0 Å². The van der Waals surface area contributed by atoms with E-state index < -0.39 is 48.3 Å². The van der Waals surface area contributed by atoms with Crippen molar-refractivity contribution in [3.05, 3.63) is 12.2 Å². The second kappa shape index (κ2) is 14.6. The summed E-state index contributed by atoms with van der Waals surface area (Å²) in [5, 5.41) is 64.7. The van der Waals surface area contributed by atoms with Gasteiger partial charge < -0.3 is 40.9 Å². The van der Waals surface area contributed by atoms with Gasteiger partial charge in [0.2, 0.25) is 0 Å². The Morgan fingerprint density at radius 2 is 0.960 bits per heavy atom. The van der Waals surface area contributed by atoms with Gasteiger partial charge >= 0.3 is 29.8 Å². The van der Waals surface area contributed by atoms with E-state index in [0.29, 0.717) is 12.2 Å². The lowest BCUT2D eigenvalue weighted by atomic mass is 9.96. The van der Waals surface area contributed by atoms with Crippen LogP contribution in [-0.4, -0.2) is 89.5 Å². The van der Waals surface area contributed by atoms with E-state index >= 15 is 0 Å². The van der Waals surface area contributed by atoms with Crippen LogP contribution in [0.5, 0.6) is 0 Å².